The lowest BCUT2D eigenvalue weighted by atomic mass is 10.0. The van der Waals surface area contributed by atoms with Gasteiger partial charge in [0.1, 0.15) is 0 Å². The van der Waals surface area contributed by atoms with Crippen molar-refractivity contribution in [2.24, 2.45) is 0 Å². The Bertz CT molecular complexity index is 773. The predicted molar refractivity (Wildman–Crippen MR) is 91.7 cm³/mol. The number of nitrogens with one attached hydrogen (secondary N) is 1. The molecule has 3 rings (SSSR count). The lowest BCUT2D eigenvalue weighted by molar-refractivity contribution is -0.386. The van der Waals surface area contributed by atoms with Crippen molar-refractivity contribution in [2.45, 2.75) is 44.9 Å². The smallest absolute Gasteiger partial charge is 0.311 e. The minimum atomic E-state index is -0.362. The van der Waals surface area contributed by atoms with Crippen LogP contribution in [0.2, 0.25) is 0 Å². The lowest BCUT2D eigenvalue weighted by Gasteiger charge is -2.12. The summed E-state index contributed by atoms with van der Waals surface area (Å²) in [4.78, 5) is 11.2. The molecule has 1 heterocycles. The molecule has 2 aromatic rings. The zero-order valence-corrected chi connectivity index (χ0v) is 14.3. The first-order valence-corrected chi connectivity index (χ1v) is 8.44. The number of nitro groups is 1. The average molecular weight is 343 g/mol. The van der Waals surface area contributed by atoms with Crippen molar-refractivity contribution in [1.82, 2.24) is 20.6 Å². The zero-order chi connectivity index (χ0) is 17.8. The molecule has 1 aliphatic carbocycles. The zero-order valence-electron chi connectivity index (χ0n) is 14.3. The van der Waals surface area contributed by atoms with E-state index in [0.717, 1.165) is 24.0 Å². The van der Waals surface area contributed by atoms with Crippen LogP contribution in [0.3, 0.4) is 0 Å². The number of hydrogen-bond donors (Lipinski definition) is 1. The molecule has 1 aromatic heterocycles. The second-order valence-electron chi connectivity index (χ2n) is 6.13. The largest absolute Gasteiger partial charge is 0.487 e. The topological polar surface area (TPSA) is 107 Å². The van der Waals surface area contributed by atoms with Gasteiger partial charge in [-0.05, 0) is 37.7 Å². The molecular weight excluding hydrogens is 322 g/mol. The summed E-state index contributed by atoms with van der Waals surface area (Å²) < 4.78 is 5.71. The first-order valence-electron chi connectivity index (χ1n) is 8.44. The van der Waals surface area contributed by atoms with Gasteiger partial charge in [-0.25, -0.2) is 0 Å². The van der Waals surface area contributed by atoms with E-state index >= 15 is 0 Å². The normalized spacial score (nSPS) is 19.3. The van der Waals surface area contributed by atoms with Crippen LogP contribution >= 0.6 is 0 Å². The lowest BCUT2D eigenvalue weighted by Crippen LogP contribution is -2.04. The van der Waals surface area contributed by atoms with Gasteiger partial charge >= 0.3 is 5.69 Å². The second-order valence-corrected chi connectivity index (χ2v) is 6.13. The van der Waals surface area contributed by atoms with E-state index in [1.807, 2.05) is 32.1 Å². The molecule has 1 saturated carbocycles. The van der Waals surface area contributed by atoms with Gasteiger partial charge in [-0.2, -0.15) is 5.21 Å². The van der Waals surface area contributed by atoms with E-state index in [1.54, 1.807) is 6.07 Å². The molecule has 0 amide bonds. The highest BCUT2D eigenvalue weighted by Crippen LogP contribution is 2.54. The van der Waals surface area contributed by atoms with E-state index < -0.39 is 0 Å². The summed E-state index contributed by atoms with van der Waals surface area (Å²) in [6.45, 7) is 4.36. The van der Waals surface area contributed by atoms with Crippen LogP contribution in [0.25, 0.3) is 0 Å². The van der Waals surface area contributed by atoms with Crippen molar-refractivity contribution in [1.29, 1.82) is 0 Å². The SMILES string of the molecule is CC=CCc1cc([C@@H]2C[C@@H]2c2nn[nH]n2)cc([N+](=O)[O-])c1OCCC. The Morgan fingerprint density at radius 1 is 1.44 bits per heavy atom. The summed E-state index contributed by atoms with van der Waals surface area (Å²) in [6.07, 6.45) is 6.18. The number of hydrogen-bond acceptors (Lipinski definition) is 6. The molecule has 0 saturated heterocycles. The molecule has 0 spiro atoms. The minimum Gasteiger partial charge on any atom is -0.487 e. The Morgan fingerprint density at radius 2 is 2.28 bits per heavy atom. The fraction of sp³-hybridized carbons (Fsp3) is 0.471. The summed E-state index contributed by atoms with van der Waals surface area (Å²) in [5, 5.41) is 25.7. The van der Waals surface area contributed by atoms with Crippen LogP contribution in [0.1, 0.15) is 55.5 Å². The number of tetrazole rings is 1. The number of allylic oxidation sites excluding steroid dienone is 2. The van der Waals surface area contributed by atoms with Crippen molar-refractivity contribution < 1.29 is 9.66 Å². The van der Waals surface area contributed by atoms with Gasteiger partial charge in [-0.3, -0.25) is 10.1 Å². The second kappa shape index (κ2) is 7.42. The first-order chi connectivity index (χ1) is 12.2. The minimum absolute atomic E-state index is 0.0317. The Balaban J connectivity index is 1.96. The molecule has 0 bridgehead atoms. The van der Waals surface area contributed by atoms with Gasteiger partial charge in [0.25, 0.3) is 0 Å². The summed E-state index contributed by atoms with van der Waals surface area (Å²) >= 11 is 0. The third-order valence-electron chi connectivity index (χ3n) is 4.30. The van der Waals surface area contributed by atoms with Crippen molar-refractivity contribution in [3.05, 3.63) is 51.4 Å². The van der Waals surface area contributed by atoms with Crippen molar-refractivity contribution in [3.8, 4) is 5.75 Å². The van der Waals surface area contributed by atoms with Crippen molar-refractivity contribution in [2.75, 3.05) is 6.61 Å². The van der Waals surface area contributed by atoms with Gasteiger partial charge in [0.2, 0.25) is 5.75 Å². The van der Waals surface area contributed by atoms with Crippen LogP contribution in [-0.4, -0.2) is 32.2 Å². The van der Waals surface area contributed by atoms with Gasteiger partial charge in [0.15, 0.2) is 5.82 Å². The average Bonchev–Trinajstić information content (AvgIpc) is 3.22. The Kier molecular flexibility index (Phi) is 5.06. The fourth-order valence-electron chi connectivity index (χ4n) is 2.99. The number of nitrogens with zero attached hydrogens (tertiary/aromatic N) is 4. The highest BCUT2D eigenvalue weighted by molar-refractivity contribution is 5.56. The summed E-state index contributed by atoms with van der Waals surface area (Å²) in [5.74, 6) is 1.38. The molecule has 2 atom stereocenters. The number of aromatic nitrogens is 4. The molecule has 8 nitrogen and oxygen atoms in total. The molecule has 8 heteroatoms. The molecule has 132 valence electrons. The monoisotopic (exact) mass is 343 g/mol. The highest BCUT2D eigenvalue weighted by atomic mass is 16.6. The number of rotatable bonds is 8. The number of ether oxygens (including phenoxy) is 1. The standard InChI is InChI=1S/C17H21N5O3/c1-3-5-6-11-8-12(13-10-14(13)17-18-20-21-19-17)9-15(22(23)24)16(11)25-7-4-2/h3,5,8-9,13-14H,4,6-7,10H2,1-2H3,(H,18,19,20,21)/t13-,14-/m0/s1. The molecule has 0 aliphatic heterocycles. The molecule has 1 fully saturated rings. The van der Waals surface area contributed by atoms with Gasteiger partial charge in [-0.15, -0.1) is 10.2 Å². The van der Waals surface area contributed by atoms with Gasteiger partial charge in [0.05, 0.1) is 11.5 Å². The molecule has 0 unspecified atom stereocenters. The number of nitro benzene ring substituents is 1. The van der Waals surface area contributed by atoms with Crippen molar-refractivity contribution in [3.63, 3.8) is 0 Å². The first kappa shape index (κ1) is 17.1. The maximum absolute atomic E-state index is 11.6. The summed E-state index contributed by atoms with van der Waals surface area (Å²) in [5.41, 5.74) is 1.81. The van der Waals surface area contributed by atoms with Crippen LogP contribution in [0, 0.1) is 10.1 Å². The van der Waals surface area contributed by atoms with Gasteiger partial charge in [-0.1, -0.05) is 30.4 Å². The summed E-state index contributed by atoms with van der Waals surface area (Å²) in [7, 11) is 0. The van der Waals surface area contributed by atoms with Gasteiger partial charge in [0, 0.05) is 17.5 Å². The van der Waals surface area contributed by atoms with E-state index in [0.29, 0.717) is 24.6 Å². The molecule has 0 radical (unpaired) electrons. The Morgan fingerprint density at radius 3 is 2.92 bits per heavy atom. The predicted octanol–water partition coefficient (Wildman–Crippen LogP) is 3.29. The summed E-state index contributed by atoms with van der Waals surface area (Å²) in [6, 6.07) is 3.65. The third-order valence-corrected chi connectivity index (χ3v) is 4.30. The van der Waals surface area contributed by atoms with E-state index in [9.17, 15) is 10.1 Å². The van der Waals surface area contributed by atoms with E-state index in [4.69, 9.17) is 4.74 Å². The molecule has 1 aliphatic rings. The van der Waals surface area contributed by atoms with Crippen molar-refractivity contribution >= 4 is 5.69 Å². The van der Waals surface area contributed by atoms with Crippen LogP contribution in [0.15, 0.2) is 24.3 Å². The Labute approximate surface area is 145 Å². The maximum atomic E-state index is 11.6. The number of H-pyrrole nitrogens is 1. The molecule has 1 aromatic carbocycles. The Hall–Kier alpha value is -2.77. The van der Waals surface area contributed by atoms with E-state index in [-0.39, 0.29) is 22.4 Å². The molecule has 1 N–H and O–H groups in total. The number of benzene rings is 1. The number of aromatic amines is 1. The molecule has 25 heavy (non-hydrogen) atoms. The third kappa shape index (κ3) is 3.67. The fourth-order valence-corrected chi connectivity index (χ4v) is 2.99. The highest BCUT2D eigenvalue weighted by Gasteiger charge is 2.43. The quantitative estimate of drug-likeness (QED) is 0.448. The van der Waals surface area contributed by atoms with E-state index in [2.05, 4.69) is 20.6 Å². The van der Waals surface area contributed by atoms with Crippen LogP contribution in [0.4, 0.5) is 5.69 Å². The van der Waals surface area contributed by atoms with Crippen LogP contribution in [-0.2, 0) is 6.42 Å². The van der Waals surface area contributed by atoms with Crippen LogP contribution < -0.4 is 4.74 Å². The van der Waals surface area contributed by atoms with Gasteiger partial charge < -0.3 is 4.74 Å². The maximum Gasteiger partial charge on any atom is 0.311 e. The van der Waals surface area contributed by atoms with E-state index in [1.165, 1.54) is 0 Å². The molecular formula is C17H21N5O3. The van der Waals surface area contributed by atoms with Crippen LogP contribution in [0.5, 0.6) is 5.75 Å².